The zero-order valence-electron chi connectivity index (χ0n) is 12.0. The number of carbonyl (C=O) groups excluding carboxylic acids is 1. The first-order valence-electron chi connectivity index (χ1n) is 6.61. The highest BCUT2D eigenvalue weighted by Crippen LogP contribution is 2.24. The van der Waals surface area contributed by atoms with E-state index < -0.39 is 11.9 Å². The number of rotatable bonds is 7. The largest absolute Gasteiger partial charge is 0.326 e. The van der Waals surface area contributed by atoms with E-state index in [2.05, 4.69) is 5.32 Å². The molecule has 0 unspecified atom stereocenters. The lowest BCUT2D eigenvalue weighted by molar-refractivity contribution is -0.116. The van der Waals surface area contributed by atoms with Crippen molar-refractivity contribution in [1.29, 1.82) is 0 Å². The molecule has 0 aliphatic carbocycles. The van der Waals surface area contributed by atoms with Crippen molar-refractivity contribution in [1.82, 2.24) is 0 Å². The SMILES string of the molecule is CC(C)CC(=O)Nc1ccc(SCCC(F)=C(F)F)cc1. The van der Waals surface area contributed by atoms with Crippen molar-refractivity contribution in [3.05, 3.63) is 36.2 Å². The summed E-state index contributed by atoms with van der Waals surface area (Å²) in [7, 11) is 0. The van der Waals surface area contributed by atoms with Gasteiger partial charge >= 0.3 is 6.08 Å². The van der Waals surface area contributed by atoms with Crippen molar-refractivity contribution >= 4 is 23.4 Å². The first-order chi connectivity index (χ1) is 9.88. The summed E-state index contributed by atoms with van der Waals surface area (Å²) < 4.78 is 36.4. The Balaban J connectivity index is 2.44. The van der Waals surface area contributed by atoms with E-state index in [1.807, 2.05) is 13.8 Å². The topological polar surface area (TPSA) is 29.1 Å². The molecule has 21 heavy (non-hydrogen) atoms. The molecule has 0 aliphatic heterocycles. The van der Waals surface area contributed by atoms with E-state index in [0.717, 1.165) is 4.90 Å². The van der Waals surface area contributed by atoms with Gasteiger partial charge in [0.15, 0.2) is 5.83 Å². The van der Waals surface area contributed by atoms with Crippen molar-refractivity contribution in [2.24, 2.45) is 5.92 Å². The number of benzene rings is 1. The number of halogens is 3. The van der Waals surface area contributed by atoms with Gasteiger partial charge in [0, 0.05) is 29.2 Å². The van der Waals surface area contributed by atoms with Crippen molar-refractivity contribution in [3.8, 4) is 0 Å². The molecule has 0 aromatic heterocycles. The maximum atomic E-state index is 12.6. The van der Waals surface area contributed by atoms with Gasteiger partial charge < -0.3 is 5.32 Å². The highest BCUT2D eigenvalue weighted by atomic mass is 32.2. The van der Waals surface area contributed by atoms with Crippen LogP contribution >= 0.6 is 11.8 Å². The minimum absolute atomic E-state index is 0.0453. The lowest BCUT2D eigenvalue weighted by atomic mass is 10.1. The molecule has 116 valence electrons. The molecule has 0 aliphatic rings. The highest BCUT2D eigenvalue weighted by molar-refractivity contribution is 7.99. The maximum Gasteiger partial charge on any atom is 0.301 e. The smallest absolute Gasteiger partial charge is 0.301 e. The van der Waals surface area contributed by atoms with Crippen LogP contribution in [0.15, 0.2) is 41.1 Å². The Bertz CT molecular complexity index is 496. The van der Waals surface area contributed by atoms with Gasteiger partial charge in [-0.15, -0.1) is 11.8 Å². The Morgan fingerprint density at radius 1 is 1.19 bits per heavy atom. The first-order valence-corrected chi connectivity index (χ1v) is 7.59. The van der Waals surface area contributed by atoms with Crippen molar-refractivity contribution < 1.29 is 18.0 Å². The Kier molecular flexibility index (Phi) is 7.36. The van der Waals surface area contributed by atoms with Crippen molar-refractivity contribution in [2.45, 2.75) is 31.6 Å². The van der Waals surface area contributed by atoms with E-state index in [0.29, 0.717) is 18.0 Å². The molecule has 0 fully saturated rings. The number of anilines is 1. The van der Waals surface area contributed by atoms with Gasteiger partial charge in [0.1, 0.15) is 0 Å². The van der Waals surface area contributed by atoms with Crippen LogP contribution in [0, 0.1) is 5.92 Å². The quantitative estimate of drug-likeness (QED) is 0.698. The van der Waals surface area contributed by atoms with E-state index in [9.17, 15) is 18.0 Å². The lowest BCUT2D eigenvalue weighted by Crippen LogP contribution is -2.13. The fourth-order valence-electron chi connectivity index (χ4n) is 1.57. The van der Waals surface area contributed by atoms with Gasteiger partial charge in [-0.1, -0.05) is 13.8 Å². The zero-order chi connectivity index (χ0) is 15.8. The average molecular weight is 317 g/mol. The van der Waals surface area contributed by atoms with Gasteiger partial charge in [0.25, 0.3) is 0 Å². The summed E-state index contributed by atoms with van der Waals surface area (Å²) >= 11 is 1.28. The second kappa shape index (κ2) is 8.77. The Hall–Kier alpha value is -1.43. The molecule has 0 heterocycles. The van der Waals surface area contributed by atoms with Crippen LogP contribution in [0.25, 0.3) is 0 Å². The third kappa shape index (κ3) is 7.22. The third-order valence-electron chi connectivity index (χ3n) is 2.53. The summed E-state index contributed by atoms with van der Waals surface area (Å²) in [6.07, 6.45) is -2.09. The number of amides is 1. The Labute approximate surface area is 126 Å². The fourth-order valence-corrected chi connectivity index (χ4v) is 2.42. The summed E-state index contributed by atoms with van der Waals surface area (Å²) in [5, 5.41) is 2.77. The van der Waals surface area contributed by atoms with Crippen LogP contribution in [0.5, 0.6) is 0 Å². The maximum absolute atomic E-state index is 12.6. The Morgan fingerprint density at radius 3 is 2.33 bits per heavy atom. The minimum atomic E-state index is -2.25. The zero-order valence-corrected chi connectivity index (χ0v) is 12.8. The molecule has 0 saturated carbocycles. The predicted molar refractivity (Wildman–Crippen MR) is 80.2 cm³/mol. The molecule has 1 aromatic rings. The summed E-state index contributed by atoms with van der Waals surface area (Å²) in [6, 6.07) is 7.01. The molecule has 2 nitrogen and oxygen atoms in total. The van der Waals surface area contributed by atoms with Gasteiger partial charge in [0.2, 0.25) is 5.91 Å². The molecule has 1 aromatic carbocycles. The molecule has 1 N–H and O–H groups in total. The number of nitrogens with one attached hydrogen (secondary N) is 1. The predicted octanol–water partition coefficient (Wildman–Crippen LogP) is 5.23. The van der Waals surface area contributed by atoms with Gasteiger partial charge in [-0.05, 0) is 30.2 Å². The normalized spacial score (nSPS) is 10.6. The molecule has 0 saturated heterocycles. The van der Waals surface area contributed by atoms with E-state index in [1.54, 1.807) is 24.3 Å². The molecule has 0 radical (unpaired) electrons. The number of hydrogen-bond acceptors (Lipinski definition) is 2. The van der Waals surface area contributed by atoms with E-state index in [1.165, 1.54) is 11.8 Å². The fraction of sp³-hybridized carbons (Fsp3) is 0.400. The molecule has 6 heteroatoms. The van der Waals surface area contributed by atoms with Gasteiger partial charge in [-0.2, -0.15) is 8.78 Å². The van der Waals surface area contributed by atoms with Crippen LogP contribution < -0.4 is 5.32 Å². The van der Waals surface area contributed by atoms with Crippen molar-refractivity contribution in [3.63, 3.8) is 0 Å². The molecule has 0 atom stereocenters. The monoisotopic (exact) mass is 317 g/mol. The molecular formula is C15H18F3NOS. The van der Waals surface area contributed by atoms with E-state index in [-0.39, 0.29) is 18.1 Å². The number of allylic oxidation sites excluding steroid dienone is 1. The second-order valence-electron chi connectivity index (χ2n) is 4.93. The summed E-state index contributed by atoms with van der Waals surface area (Å²) in [6.45, 7) is 3.93. The molecule has 1 amide bonds. The van der Waals surface area contributed by atoms with Crippen LogP contribution in [0.1, 0.15) is 26.7 Å². The van der Waals surface area contributed by atoms with Crippen molar-refractivity contribution in [2.75, 3.05) is 11.1 Å². The molecule has 0 spiro atoms. The lowest BCUT2D eigenvalue weighted by Gasteiger charge is -2.08. The summed E-state index contributed by atoms with van der Waals surface area (Å²) in [5.41, 5.74) is 0.686. The standard InChI is InChI=1S/C15H18F3NOS/c1-10(2)9-14(20)19-11-3-5-12(6-4-11)21-8-7-13(16)15(17)18/h3-6,10H,7-9H2,1-2H3,(H,19,20). The van der Waals surface area contributed by atoms with E-state index in [4.69, 9.17) is 0 Å². The van der Waals surface area contributed by atoms with Gasteiger partial charge in [-0.25, -0.2) is 4.39 Å². The minimum Gasteiger partial charge on any atom is -0.326 e. The van der Waals surface area contributed by atoms with Gasteiger partial charge in [-0.3, -0.25) is 4.79 Å². The van der Waals surface area contributed by atoms with Crippen LogP contribution in [-0.4, -0.2) is 11.7 Å². The molecular weight excluding hydrogens is 299 g/mol. The summed E-state index contributed by atoms with van der Waals surface area (Å²) in [5.74, 6) is -0.878. The van der Waals surface area contributed by atoms with Crippen LogP contribution in [0.3, 0.4) is 0 Å². The summed E-state index contributed by atoms with van der Waals surface area (Å²) in [4.78, 5) is 12.4. The van der Waals surface area contributed by atoms with E-state index >= 15 is 0 Å². The molecule has 1 rings (SSSR count). The average Bonchev–Trinajstić information content (AvgIpc) is 2.39. The second-order valence-corrected chi connectivity index (χ2v) is 6.10. The van der Waals surface area contributed by atoms with Crippen LogP contribution in [0.4, 0.5) is 18.9 Å². The number of hydrogen-bond donors (Lipinski definition) is 1. The van der Waals surface area contributed by atoms with Gasteiger partial charge in [0.05, 0.1) is 0 Å². The number of thioether (sulfide) groups is 1. The number of carbonyl (C=O) groups is 1. The highest BCUT2D eigenvalue weighted by Gasteiger charge is 2.06. The third-order valence-corrected chi connectivity index (χ3v) is 3.54. The van der Waals surface area contributed by atoms with Crippen LogP contribution in [0.2, 0.25) is 0 Å². The van der Waals surface area contributed by atoms with Crippen LogP contribution in [-0.2, 0) is 4.79 Å². The first kappa shape index (κ1) is 17.6. The Morgan fingerprint density at radius 2 is 1.81 bits per heavy atom. The molecule has 0 bridgehead atoms.